The van der Waals surface area contributed by atoms with Crippen LogP contribution in [0, 0.1) is 11.3 Å². The van der Waals surface area contributed by atoms with E-state index in [0.29, 0.717) is 17.9 Å². The predicted molar refractivity (Wildman–Crippen MR) is 149 cm³/mol. The van der Waals surface area contributed by atoms with Crippen molar-refractivity contribution in [3.8, 4) is 11.8 Å². The van der Waals surface area contributed by atoms with Crippen molar-refractivity contribution in [1.29, 1.82) is 5.26 Å². The molecular weight excluding hydrogens is 460 g/mol. The molecule has 0 amide bonds. The van der Waals surface area contributed by atoms with E-state index in [1.54, 1.807) is 7.11 Å². The van der Waals surface area contributed by atoms with E-state index in [9.17, 15) is 5.26 Å². The highest BCUT2D eigenvalue weighted by molar-refractivity contribution is 5.51. The van der Waals surface area contributed by atoms with Crippen molar-refractivity contribution < 1.29 is 4.74 Å². The summed E-state index contributed by atoms with van der Waals surface area (Å²) in [4.78, 5) is 4.82. The van der Waals surface area contributed by atoms with Gasteiger partial charge in [0.1, 0.15) is 5.75 Å². The third-order valence-electron chi connectivity index (χ3n) is 6.86. The van der Waals surface area contributed by atoms with Crippen LogP contribution in [0.25, 0.3) is 0 Å². The van der Waals surface area contributed by atoms with E-state index in [1.165, 1.54) is 11.3 Å². The molecule has 0 radical (unpaired) electrons. The van der Waals surface area contributed by atoms with Crippen LogP contribution in [0.4, 0.5) is 5.69 Å². The number of rotatable bonds is 11. The standard InChI is InChI=1S/C30H36N6O/c1-24(36(33-32-2)18-17-25-11-6-4-7-12-25)30(29-26(23-31)13-10-16-28(29)37-3)35-21-19-34(20-22-35)27-14-8-5-9-15-27/h4-16,30,32-33H,1,17-22H2,2-3H3. The topological polar surface area (TPSA) is 66.8 Å². The number of nitrogens with one attached hydrogen (secondary N) is 2. The molecule has 0 aromatic heterocycles. The molecule has 1 saturated heterocycles. The van der Waals surface area contributed by atoms with Crippen LogP contribution in [0.3, 0.4) is 0 Å². The Morgan fingerprint density at radius 3 is 2.30 bits per heavy atom. The van der Waals surface area contributed by atoms with Crippen molar-refractivity contribution in [1.82, 2.24) is 20.9 Å². The fourth-order valence-corrected chi connectivity index (χ4v) is 4.98. The summed E-state index contributed by atoms with van der Waals surface area (Å²) in [6, 6.07) is 28.7. The first-order chi connectivity index (χ1) is 18.2. The molecule has 37 heavy (non-hydrogen) atoms. The van der Waals surface area contributed by atoms with Crippen LogP contribution < -0.4 is 20.6 Å². The first kappa shape index (κ1) is 26.2. The number of hydrogen-bond acceptors (Lipinski definition) is 7. The maximum atomic E-state index is 10.0. The number of nitrogens with zero attached hydrogens (tertiary/aromatic N) is 4. The van der Waals surface area contributed by atoms with Gasteiger partial charge in [0.2, 0.25) is 0 Å². The highest BCUT2D eigenvalue weighted by Crippen LogP contribution is 2.38. The molecule has 2 N–H and O–H groups in total. The number of anilines is 1. The van der Waals surface area contributed by atoms with Crippen LogP contribution in [-0.2, 0) is 6.42 Å². The van der Waals surface area contributed by atoms with Crippen molar-refractivity contribution in [2.45, 2.75) is 12.5 Å². The predicted octanol–water partition coefficient (Wildman–Crippen LogP) is 4.13. The zero-order valence-electron chi connectivity index (χ0n) is 21.7. The van der Waals surface area contributed by atoms with Gasteiger partial charge in [-0.15, -0.1) is 0 Å². The van der Waals surface area contributed by atoms with Crippen LogP contribution in [0.2, 0.25) is 0 Å². The Hall–Kier alpha value is -3.83. The summed E-state index contributed by atoms with van der Waals surface area (Å²) in [6.07, 6.45) is 0.847. The molecule has 1 unspecified atom stereocenters. The molecule has 4 rings (SSSR count). The van der Waals surface area contributed by atoms with E-state index in [-0.39, 0.29) is 6.04 Å². The number of hydrogen-bond donors (Lipinski definition) is 2. The Kier molecular flexibility index (Phi) is 9.17. The molecule has 0 saturated carbocycles. The number of benzene rings is 3. The number of hydrazine groups is 2. The Labute approximate surface area is 220 Å². The molecule has 192 valence electrons. The highest BCUT2D eigenvalue weighted by atomic mass is 16.5. The lowest BCUT2D eigenvalue weighted by molar-refractivity contribution is 0.135. The molecule has 1 aliphatic heterocycles. The molecule has 1 fully saturated rings. The van der Waals surface area contributed by atoms with E-state index < -0.39 is 0 Å². The van der Waals surface area contributed by atoms with E-state index in [1.807, 2.05) is 37.4 Å². The van der Waals surface area contributed by atoms with Gasteiger partial charge in [0.25, 0.3) is 0 Å². The first-order valence-corrected chi connectivity index (χ1v) is 12.7. The maximum Gasteiger partial charge on any atom is 0.125 e. The van der Waals surface area contributed by atoms with Crippen molar-refractivity contribution in [2.24, 2.45) is 0 Å². The van der Waals surface area contributed by atoms with Crippen molar-refractivity contribution >= 4 is 5.69 Å². The summed E-state index contributed by atoms with van der Waals surface area (Å²) < 4.78 is 5.79. The summed E-state index contributed by atoms with van der Waals surface area (Å²) >= 11 is 0. The Morgan fingerprint density at radius 1 is 1.00 bits per heavy atom. The summed E-state index contributed by atoms with van der Waals surface area (Å²) in [5.74, 6) is 0.697. The number of piperazine rings is 1. The number of methoxy groups -OCH3 is 1. The highest BCUT2D eigenvalue weighted by Gasteiger charge is 2.33. The first-order valence-electron chi connectivity index (χ1n) is 12.7. The molecule has 0 bridgehead atoms. The molecule has 0 aliphatic carbocycles. The largest absolute Gasteiger partial charge is 0.496 e. The number of para-hydroxylation sites is 1. The Bertz CT molecular complexity index is 1190. The minimum atomic E-state index is -0.236. The molecule has 7 nitrogen and oxygen atoms in total. The lowest BCUT2D eigenvalue weighted by Crippen LogP contribution is -2.52. The second-order valence-electron chi connectivity index (χ2n) is 9.03. The third-order valence-corrected chi connectivity index (χ3v) is 6.86. The normalized spacial score (nSPS) is 14.6. The summed E-state index contributed by atoms with van der Waals surface area (Å²) in [5.41, 5.74) is 11.1. The fraction of sp³-hybridized carbons (Fsp3) is 0.300. The quantitative estimate of drug-likeness (QED) is 0.387. The fourth-order valence-electron chi connectivity index (χ4n) is 4.98. The lowest BCUT2D eigenvalue weighted by atomic mass is 9.95. The van der Waals surface area contributed by atoms with Gasteiger partial charge in [-0.1, -0.05) is 61.2 Å². The summed E-state index contributed by atoms with van der Waals surface area (Å²) in [7, 11) is 3.51. The van der Waals surface area contributed by atoms with Gasteiger partial charge in [-0.3, -0.25) is 9.91 Å². The maximum absolute atomic E-state index is 10.0. The SMILES string of the molecule is C=C(C(c1c(C#N)cccc1OC)N1CCN(c2ccccc2)CC1)N(CCc1ccccc1)NNC. The summed E-state index contributed by atoms with van der Waals surface area (Å²) in [5, 5.41) is 12.1. The zero-order chi connectivity index (χ0) is 26.0. The van der Waals surface area contributed by atoms with Crippen LogP contribution in [0.15, 0.2) is 91.1 Å². The second-order valence-corrected chi connectivity index (χ2v) is 9.03. The number of ether oxygens (including phenoxy) is 1. The van der Waals surface area contributed by atoms with Crippen molar-refractivity contribution in [2.75, 3.05) is 51.8 Å². The van der Waals surface area contributed by atoms with Gasteiger partial charge in [0.05, 0.1) is 24.8 Å². The molecule has 7 heteroatoms. The lowest BCUT2D eigenvalue weighted by Gasteiger charge is -2.43. The monoisotopic (exact) mass is 496 g/mol. The van der Waals surface area contributed by atoms with E-state index in [0.717, 1.165) is 43.9 Å². The zero-order valence-corrected chi connectivity index (χ0v) is 21.7. The molecule has 3 aromatic carbocycles. The Morgan fingerprint density at radius 2 is 1.68 bits per heavy atom. The average Bonchev–Trinajstić information content (AvgIpc) is 2.96. The van der Waals surface area contributed by atoms with Gasteiger partial charge in [-0.05, 0) is 36.2 Å². The van der Waals surface area contributed by atoms with Crippen LogP contribution in [-0.4, -0.2) is 56.8 Å². The molecule has 1 heterocycles. The van der Waals surface area contributed by atoms with Crippen LogP contribution in [0.5, 0.6) is 5.75 Å². The van der Waals surface area contributed by atoms with Crippen LogP contribution in [0.1, 0.15) is 22.7 Å². The average molecular weight is 497 g/mol. The van der Waals surface area contributed by atoms with Crippen molar-refractivity contribution in [3.63, 3.8) is 0 Å². The Balaban J connectivity index is 1.64. The molecule has 3 aromatic rings. The van der Waals surface area contributed by atoms with Gasteiger partial charge < -0.3 is 9.64 Å². The van der Waals surface area contributed by atoms with Gasteiger partial charge in [-0.2, -0.15) is 10.8 Å². The van der Waals surface area contributed by atoms with Crippen molar-refractivity contribution in [3.05, 3.63) is 108 Å². The minimum absolute atomic E-state index is 0.236. The number of nitriles is 1. The van der Waals surface area contributed by atoms with Gasteiger partial charge >= 0.3 is 0 Å². The molecule has 1 aliphatic rings. The van der Waals surface area contributed by atoms with Gasteiger partial charge in [0, 0.05) is 56.7 Å². The van der Waals surface area contributed by atoms with Gasteiger partial charge in [-0.25, -0.2) is 5.43 Å². The smallest absolute Gasteiger partial charge is 0.125 e. The minimum Gasteiger partial charge on any atom is -0.496 e. The molecule has 0 spiro atoms. The second kappa shape index (κ2) is 12.9. The van der Waals surface area contributed by atoms with E-state index in [2.05, 4.69) is 86.9 Å². The van der Waals surface area contributed by atoms with Gasteiger partial charge in [0.15, 0.2) is 0 Å². The van der Waals surface area contributed by atoms with Crippen LogP contribution >= 0.6 is 0 Å². The van der Waals surface area contributed by atoms with E-state index in [4.69, 9.17) is 4.74 Å². The third kappa shape index (κ3) is 6.30. The molecular formula is C30H36N6O. The summed E-state index contributed by atoms with van der Waals surface area (Å²) in [6.45, 7) is 8.70. The molecule has 1 atom stereocenters. The van der Waals surface area contributed by atoms with E-state index >= 15 is 0 Å².